The number of benzene rings is 3. The molecule has 1 amide bonds. The van der Waals surface area contributed by atoms with Crippen LogP contribution in [0.3, 0.4) is 0 Å². The van der Waals surface area contributed by atoms with Crippen LogP contribution in [-0.4, -0.2) is 50.7 Å². The van der Waals surface area contributed by atoms with Crippen molar-refractivity contribution in [3.05, 3.63) is 83.4 Å². The Morgan fingerprint density at radius 1 is 0.846 bits per heavy atom. The summed E-state index contributed by atoms with van der Waals surface area (Å²) >= 11 is 0. The summed E-state index contributed by atoms with van der Waals surface area (Å²) in [5.41, 5.74) is 2.37. The predicted octanol–water partition coefficient (Wildman–Crippen LogP) is 5.58. The molecule has 1 aliphatic rings. The number of aliphatic hydroxyl groups is 1. The van der Waals surface area contributed by atoms with E-state index in [9.17, 15) is 14.7 Å². The highest BCUT2D eigenvalue weighted by Crippen LogP contribution is 2.44. The maximum Gasteiger partial charge on any atom is 0.300 e. The molecule has 3 aromatic carbocycles. The van der Waals surface area contributed by atoms with E-state index in [1.807, 2.05) is 64.0 Å². The Hall–Kier alpha value is -4.46. The largest absolute Gasteiger partial charge is 0.507 e. The van der Waals surface area contributed by atoms with Gasteiger partial charge in [0.1, 0.15) is 23.0 Å². The minimum Gasteiger partial charge on any atom is -0.507 e. The third-order valence-corrected chi connectivity index (χ3v) is 6.39. The van der Waals surface area contributed by atoms with E-state index in [0.717, 1.165) is 5.69 Å². The van der Waals surface area contributed by atoms with Gasteiger partial charge in [0.2, 0.25) is 0 Å². The number of anilines is 2. The zero-order valence-corrected chi connectivity index (χ0v) is 22.9. The fourth-order valence-electron chi connectivity index (χ4n) is 4.64. The molecule has 8 heteroatoms. The van der Waals surface area contributed by atoms with Crippen LogP contribution in [-0.2, 0) is 9.59 Å². The molecule has 3 aromatic rings. The number of carbonyl (C=O) groups excluding carboxylic acids is 2. The van der Waals surface area contributed by atoms with Gasteiger partial charge < -0.3 is 24.2 Å². The number of hydrogen-bond acceptors (Lipinski definition) is 7. The Labute approximate surface area is 229 Å². The van der Waals surface area contributed by atoms with Crippen molar-refractivity contribution in [3.8, 4) is 17.2 Å². The molecule has 39 heavy (non-hydrogen) atoms. The summed E-state index contributed by atoms with van der Waals surface area (Å²) in [5, 5.41) is 11.6. The van der Waals surface area contributed by atoms with Gasteiger partial charge in [-0.1, -0.05) is 12.1 Å². The molecule has 1 aliphatic heterocycles. The average Bonchev–Trinajstić information content (AvgIpc) is 3.19. The lowest BCUT2D eigenvalue weighted by atomic mass is 9.94. The molecule has 8 nitrogen and oxygen atoms in total. The quantitative estimate of drug-likeness (QED) is 0.208. The highest BCUT2D eigenvalue weighted by molar-refractivity contribution is 6.51. The summed E-state index contributed by atoms with van der Waals surface area (Å²) in [4.78, 5) is 30.5. The number of ether oxygens (including phenoxy) is 3. The Morgan fingerprint density at radius 2 is 1.49 bits per heavy atom. The molecular weight excluding hydrogens is 496 g/mol. The second-order valence-electron chi connectivity index (χ2n) is 9.11. The van der Waals surface area contributed by atoms with E-state index in [1.165, 1.54) is 4.90 Å². The summed E-state index contributed by atoms with van der Waals surface area (Å²) < 4.78 is 17.1. The van der Waals surface area contributed by atoms with Crippen molar-refractivity contribution < 1.29 is 28.9 Å². The van der Waals surface area contributed by atoms with Gasteiger partial charge in [0.25, 0.3) is 11.7 Å². The van der Waals surface area contributed by atoms with Gasteiger partial charge in [-0.05, 0) is 74.9 Å². The second-order valence-corrected chi connectivity index (χ2v) is 9.11. The fourth-order valence-corrected chi connectivity index (χ4v) is 4.64. The van der Waals surface area contributed by atoms with Gasteiger partial charge in [-0.3, -0.25) is 14.5 Å². The van der Waals surface area contributed by atoms with E-state index in [2.05, 4.69) is 0 Å². The van der Waals surface area contributed by atoms with E-state index in [4.69, 9.17) is 14.2 Å². The molecular formula is C31H34N2O6. The maximum absolute atomic E-state index is 13.6. The number of Topliss-reactive ketones (excluding diaryl/α,β-unsaturated/α-hetero) is 1. The van der Waals surface area contributed by atoms with Crippen molar-refractivity contribution in [1.82, 2.24) is 0 Å². The molecule has 0 aliphatic carbocycles. The maximum atomic E-state index is 13.6. The number of nitrogens with zero attached hydrogens (tertiary/aromatic N) is 2. The molecule has 0 aromatic heterocycles. The van der Waals surface area contributed by atoms with Gasteiger partial charge >= 0.3 is 0 Å². The lowest BCUT2D eigenvalue weighted by molar-refractivity contribution is -0.132. The zero-order valence-electron chi connectivity index (χ0n) is 22.9. The van der Waals surface area contributed by atoms with Crippen LogP contribution in [0.1, 0.15) is 37.9 Å². The Kier molecular flexibility index (Phi) is 8.44. The molecule has 4 rings (SSSR count). The van der Waals surface area contributed by atoms with E-state index in [0.29, 0.717) is 53.9 Å². The molecule has 1 heterocycles. The van der Waals surface area contributed by atoms with E-state index < -0.39 is 17.7 Å². The van der Waals surface area contributed by atoms with Crippen LogP contribution in [0.15, 0.2) is 72.3 Å². The van der Waals surface area contributed by atoms with Gasteiger partial charge in [0, 0.05) is 31.5 Å². The van der Waals surface area contributed by atoms with Crippen LogP contribution in [0.5, 0.6) is 17.2 Å². The molecule has 0 radical (unpaired) electrons. The first-order valence-corrected chi connectivity index (χ1v) is 13.0. The average molecular weight is 531 g/mol. The van der Waals surface area contributed by atoms with Crippen molar-refractivity contribution in [2.45, 2.75) is 26.8 Å². The van der Waals surface area contributed by atoms with Gasteiger partial charge in [-0.25, -0.2) is 0 Å². The number of hydrogen-bond donors (Lipinski definition) is 1. The van der Waals surface area contributed by atoms with E-state index >= 15 is 0 Å². The number of ketones is 1. The number of rotatable bonds is 10. The van der Waals surface area contributed by atoms with Crippen LogP contribution in [0, 0.1) is 0 Å². The Balaban J connectivity index is 1.93. The molecule has 1 atom stereocenters. The van der Waals surface area contributed by atoms with Crippen LogP contribution in [0.4, 0.5) is 11.4 Å². The molecule has 1 fully saturated rings. The Bertz CT molecular complexity index is 1380. The van der Waals surface area contributed by atoms with E-state index in [-0.39, 0.29) is 11.3 Å². The third kappa shape index (κ3) is 5.55. The van der Waals surface area contributed by atoms with Gasteiger partial charge in [-0.2, -0.15) is 0 Å². The summed E-state index contributed by atoms with van der Waals surface area (Å²) in [5.74, 6) is -0.319. The summed E-state index contributed by atoms with van der Waals surface area (Å²) in [6.45, 7) is 6.84. The SMILES string of the molecule is CCOc1cccc(C2/C(=C(\O)c3ccc(OCC)cc3OCC)C(=O)C(=O)N2c2ccc(N(C)C)cc2)c1. The van der Waals surface area contributed by atoms with Gasteiger partial charge in [-0.15, -0.1) is 0 Å². The van der Waals surface area contributed by atoms with E-state index in [1.54, 1.807) is 42.5 Å². The monoisotopic (exact) mass is 530 g/mol. The molecule has 1 unspecified atom stereocenters. The summed E-state index contributed by atoms with van der Waals surface area (Å²) in [7, 11) is 3.85. The van der Waals surface area contributed by atoms with Crippen LogP contribution in [0.25, 0.3) is 5.76 Å². The van der Waals surface area contributed by atoms with Crippen LogP contribution < -0.4 is 24.0 Å². The van der Waals surface area contributed by atoms with Crippen LogP contribution in [0.2, 0.25) is 0 Å². The Morgan fingerprint density at radius 3 is 2.10 bits per heavy atom. The van der Waals surface area contributed by atoms with Gasteiger partial charge in [0.05, 0.1) is 37.0 Å². The smallest absolute Gasteiger partial charge is 0.300 e. The normalized spacial score (nSPS) is 16.3. The van der Waals surface area contributed by atoms with Crippen molar-refractivity contribution in [1.29, 1.82) is 0 Å². The fraction of sp³-hybridized carbons (Fsp3) is 0.290. The first-order chi connectivity index (χ1) is 18.8. The number of amides is 1. The minimum absolute atomic E-state index is 0.0320. The summed E-state index contributed by atoms with van der Waals surface area (Å²) in [6.07, 6.45) is 0. The van der Waals surface area contributed by atoms with Crippen molar-refractivity contribution in [2.24, 2.45) is 0 Å². The molecule has 0 spiro atoms. The second kappa shape index (κ2) is 11.9. The lowest BCUT2D eigenvalue weighted by Crippen LogP contribution is -2.29. The molecule has 0 saturated carbocycles. The summed E-state index contributed by atoms with van der Waals surface area (Å²) in [6, 6.07) is 18.7. The molecule has 0 bridgehead atoms. The zero-order chi connectivity index (χ0) is 28.1. The first kappa shape index (κ1) is 27.6. The minimum atomic E-state index is -0.892. The van der Waals surface area contributed by atoms with Crippen molar-refractivity contribution >= 4 is 28.8 Å². The molecule has 204 valence electrons. The predicted molar refractivity (Wildman–Crippen MR) is 152 cm³/mol. The highest BCUT2D eigenvalue weighted by Gasteiger charge is 2.47. The standard InChI is InChI=1S/C31H34N2O6/c1-6-37-23-11-9-10-20(18-23)28-27(29(34)25-17-16-24(38-7-2)19-26(25)39-8-3)30(35)31(36)33(28)22-14-12-21(13-15-22)32(4)5/h9-19,28,34H,6-8H2,1-5H3/b29-27+. The first-order valence-electron chi connectivity index (χ1n) is 13.0. The lowest BCUT2D eigenvalue weighted by Gasteiger charge is -2.26. The van der Waals surface area contributed by atoms with Crippen molar-refractivity contribution in [3.63, 3.8) is 0 Å². The molecule has 1 N–H and O–H groups in total. The highest BCUT2D eigenvalue weighted by atomic mass is 16.5. The van der Waals surface area contributed by atoms with Gasteiger partial charge in [0.15, 0.2) is 0 Å². The van der Waals surface area contributed by atoms with Crippen LogP contribution >= 0.6 is 0 Å². The number of carbonyl (C=O) groups is 2. The number of aliphatic hydroxyl groups excluding tert-OH is 1. The van der Waals surface area contributed by atoms with Crippen molar-refractivity contribution in [2.75, 3.05) is 43.7 Å². The third-order valence-electron chi connectivity index (χ3n) is 6.39. The topological polar surface area (TPSA) is 88.5 Å². The molecule has 1 saturated heterocycles.